The largest absolute Gasteiger partial charge is 0.295 e. The highest BCUT2D eigenvalue weighted by molar-refractivity contribution is 7.89. The molecule has 0 amide bonds. The third-order valence-corrected chi connectivity index (χ3v) is 6.84. The molecule has 138 valence electrons. The van der Waals surface area contributed by atoms with E-state index in [-0.39, 0.29) is 16.3 Å². The number of benzene rings is 1. The van der Waals surface area contributed by atoms with Crippen molar-refractivity contribution in [1.29, 1.82) is 0 Å². The second kappa shape index (κ2) is 7.52. The number of nitrogens with one attached hydrogen (secondary N) is 1. The fraction of sp³-hybridized carbons (Fsp3) is 0.312. The van der Waals surface area contributed by atoms with Gasteiger partial charge in [-0.05, 0) is 44.0 Å². The molecule has 26 heavy (non-hydrogen) atoms. The van der Waals surface area contributed by atoms with Crippen LogP contribution in [0, 0.1) is 17.0 Å². The van der Waals surface area contributed by atoms with E-state index < -0.39 is 14.9 Å². The second-order valence-electron chi connectivity index (χ2n) is 5.87. The third-order valence-electron chi connectivity index (χ3n) is 4.01. The molecule has 1 aliphatic rings. The van der Waals surface area contributed by atoms with Gasteiger partial charge < -0.3 is 0 Å². The molecule has 1 N–H and O–H groups in total. The van der Waals surface area contributed by atoms with Crippen LogP contribution < -0.4 is 5.43 Å². The summed E-state index contributed by atoms with van der Waals surface area (Å²) in [6.45, 7) is 2.86. The molecule has 1 fully saturated rings. The van der Waals surface area contributed by atoms with E-state index in [1.165, 1.54) is 16.4 Å². The molecule has 1 aromatic heterocycles. The van der Waals surface area contributed by atoms with Crippen LogP contribution >= 0.6 is 11.3 Å². The van der Waals surface area contributed by atoms with Crippen LogP contribution in [0.3, 0.4) is 0 Å². The maximum atomic E-state index is 12.6. The van der Waals surface area contributed by atoms with Gasteiger partial charge in [-0.3, -0.25) is 15.5 Å². The Hall–Kier alpha value is -2.30. The molecule has 2 heterocycles. The lowest BCUT2D eigenvalue weighted by Crippen LogP contribution is -2.27. The molecule has 0 spiro atoms. The average molecular weight is 394 g/mol. The van der Waals surface area contributed by atoms with Crippen LogP contribution in [0.1, 0.15) is 22.6 Å². The Labute approximate surface area is 155 Å². The quantitative estimate of drug-likeness (QED) is 0.460. The van der Waals surface area contributed by atoms with Gasteiger partial charge in [0.2, 0.25) is 10.0 Å². The van der Waals surface area contributed by atoms with Crippen molar-refractivity contribution >= 4 is 38.9 Å². The molecular weight excluding hydrogens is 376 g/mol. The molecule has 1 aromatic carbocycles. The van der Waals surface area contributed by atoms with Crippen LogP contribution in [0.15, 0.2) is 40.3 Å². The number of nitrogens with zero attached hydrogens (tertiary/aromatic N) is 3. The van der Waals surface area contributed by atoms with Crippen molar-refractivity contribution in [3.63, 3.8) is 0 Å². The van der Waals surface area contributed by atoms with Gasteiger partial charge in [-0.15, -0.1) is 11.3 Å². The first-order valence-electron chi connectivity index (χ1n) is 8.02. The van der Waals surface area contributed by atoms with Gasteiger partial charge in [-0.25, -0.2) is 8.42 Å². The predicted octanol–water partition coefficient (Wildman–Crippen LogP) is 3.20. The minimum Gasteiger partial charge on any atom is -0.272 e. The van der Waals surface area contributed by atoms with E-state index in [9.17, 15) is 18.5 Å². The highest BCUT2D eigenvalue weighted by atomic mass is 32.2. The zero-order valence-corrected chi connectivity index (χ0v) is 15.7. The Bertz CT molecular complexity index is 947. The van der Waals surface area contributed by atoms with Gasteiger partial charge in [0.25, 0.3) is 5.69 Å². The van der Waals surface area contributed by atoms with E-state index in [1.54, 1.807) is 17.6 Å². The first kappa shape index (κ1) is 18.5. The summed E-state index contributed by atoms with van der Waals surface area (Å²) in [5.74, 6) is 0. The smallest absolute Gasteiger partial charge is 0.272 e. The fourth-order valence-corrected chi connectivity index (χ4v) is 4.97. The maximum Gasteiger partial charge on any atom is 0.295 e. The van der Waals surface area contributed by atoms with Crippen LogP contribution in [-0.2, 0) is 10.0 Å². The van der Waals surface area contributed by atoms with E-state index >= 15 is 0 Å². The first-order chi connectivity index (χ1) is 12.4. The molecule has 0 radical (unpaired) electrons. The topological polar surface area (TPSA) is 105 Å². The molecule has 8 nitrogen and oxygen atoms in total. The number of sulfonamides is 1. The second-order valence-corrected chi connectivity index (χ2v) is 9.12. The summed E-state index contributed by atoms with van der Waals surface area (Å²) < 4.78 is 26.5. The fourth-order valence-electron chi connectivity index (χ4n) is 2.68. The Balaban J connectivity index is 1.85. The van der Waals surface area contributed by atoms with Crippen molar-refractivity contribution in [2.24, 2.45) is 5.10 Å². The lowest BCUT2D eigenvalue weighted by molar-refractivity contribution is -0.384. The standard InChI is InChI=1S/C16H18N4O4S2/c1-12-4-5-13(25-12)11-17-18-15-7-6-14(10-16(15)20(21)22)26(23,24)19-8-2-3-9-19/h4-7,10-11,18H,2-3,8-9H2,1H3/b17-11+. The van der Waals surface area contributed by atoms with E-state index in [2.05, 4.69) is 10.5 Å². The zero-order chi connectivity index (χ0) is 18.7. The molecular formula is C16H18N4O4S2. The average Bonchev–Trinajstić information content (AvgIpc) is 3.27. The van der Waals surface area contributed by atoms with Gasteiger partial charge in [-0.2, -0.15) is 9.41 Å². The van der Waals surface area contributed by atoms with Crippen LogP contribution in [0.2, 0.25) is 0 Å². The molecule has 0 atom stereocenters. The minimum absolute atomic E-state index is 0.0745. The van der Waals surface area contributed by atoms with Gasteiger partial charge in [0.15, 0.2) is 0 Å². The number of nitro benzene ring substituents is 1. The predicted molar refractivity (Wildman–Crippen MR) is 101 cm³/mol. The van der Waals surface area contributed by atoms with E-state index in [0.29, 0.717) is 13.1 Å². The number of anilines is 1. The molecule has 3 rings (SSSR count). The zero-order valence-electron chi connectivity index (χ0n) is 14.1. The highest BCUT2D eigenvalue weighted by Gasteiger charge is 2.29. The minimum atomic E-state index is -3.71. The molecule has 1 aliphatic heterocycles. The van der Waals surface area contributed by atoms with Gasteiger partial charge in [0.05, 0.1) is 16.0 Å². The number of thiophene rings is 1. The van der Waals surface area contributed by atoms with E-state index in [0.717, 1.165) is 28.7 Å². The molecule has 0 bridgehead atoms. The van der Waals surface area contributed by atoms with Crippen molar-refractivity contribution in [3.05, 3.63) is 50.2 Å². The van der Waals surface area contributed by atoms with Gasteiger partial charge in [0.1, 0.15) is 5.69 Å². The molecule has 0 aliphatic carbocycles. The summed E-state index contributed by atoms with van der Waals surface area (Å²) in [4.78, 5) is 12.7. The Kier molecular flexibility index (Phi) is 5.35. The molecule has 2 aromatic rings. The van der Waals surface area contributed by atoms with Crippen LogP contribution in [0.4, 0.5) is 11.4 Å². The molecule has 1 saturated heterocycles. The van der Waals surface area contributed by atoms with Gasteiger partial charge in [-0.1, -0.05) is 0 Å². The monoisotopic (exact) mass is 394 g/mol. The lowest BCUT2D eigenvalue weighted by atomic mass is 10.3. The number of nitro groups is 1. The summed E-state index contributed by atoms with van der Waals surface area (Å²) in [6.07, 6.45) is 3.17. The van der Waals surface area contributed by atoms with E-state index in [4.69, 9.17) is 0 Å². The summed E-state index contributed by atoms with van der Waals surface area (Å²) in [7, 11) is -3.71. The van der Waals surface area contributed by atoms with Gasteiger partial charge in [0, 0.05) is 28.9 Å². The SMILES string of the molecule is Cc1ccc(/C=N/Nc2ccc(S(=O)(=O)N3CCCC3)cc2[N+](=O)[O-])s1. The Morgan fingerprint density at radius 1 is 1.27 bits per heavy atom. The van der Waals surface area contributed by atoms with Crippen LogP contribution in [-0.4, -0.2) is 37.0 Å². The van der Waals surface area contributed by atoms with Crippen LogP contribution in [0.25, 0.3) is 0 Å². The Morgan fingerprint density at radius 2 is 2.00 bits per heavy atom. The lowest BCUT2D eigenvalue weighted by Gasteiger charge is -2.15. The van der Waals surface area contributed by atoms with Gasteiger partial charge >= 0.3 is 0 Å². The summed E-state index contributed by atoms with van der Waals surface area (Å²) in [5, 5.41) is 15.4. The number of hydrazone groups is 1. The molecule has 0 saturated carbocycles. The maximum absolute atomic E-state index is 12.6. The number of aryl methyl sites for hydroxylation is 1. The Morgan fingerprint density at radius 3 is 2.62 bits per heavy atom. The van der Waals surface area contributed by atoms with Crippen molar-refractivity contribution < 1.29 is 13.3 Å². The van der Waals surface area contributed by atoms with Crippen LogP contribution in [0.5, 0.6) is 0 Å². The third kappa shape index (κ3) is 3.92. The van der Waals surface area contributed by atoms with Crippen molar-refractivity contribution in [3.8, 4) is 0 Å². The summed E-state index contributed by atoms with van der Waals surface area (Å²) in [6, 6.07) is 7.67. The highest BCUT2D eigenvalue weighted by Crippen LogP contribution is 2.30. The van der Waals surface area contributed by atoms with Crippen molar-refractivity contribution in [2.45, 2.75) is 24.7 Å². The molecule has 10 heteroatoms. The number of rotatable bonds is 6. The summed E-state index contributed by atoms with van der Waals surface area (Å²) >= 11 is 1.55. The molecule has 0 unspecified atom stereocenters. The number of hydrogen-bond acceptors (Lipinski definition) is 7. The first-order valence-corrected chi connectivity index (χ1v) is 10.3. The van der Waals surface area contributed by atoms with Crippen molar-refractivity contribution in [2.75, 3.05) is 18.5 Å². The normalized spacial score (nSPS) is 15.6. The number of hydrogen-bond donors (Lipinski definition) is 1. The van der Waals surface area contributed by atoms with E-state index in [1.807, 2.05) is 19.1 Å². The van der Waals surface area contributed by atoms with Crippen molar-refractivity contribution in [1.82, 2.24) is 4.31 Å². The summed E-state index contributed by atoms with van der Waals surface area (Å²) in [5.41, 5.74) is 2.44.